The Morgan fingerprint density at radius 3 is 2.75 bits per heavy atom. The van der Waals surface area contributed by atoms with Crippen LogP contribution >= 0.6 is 0 Å². The summed E-state index contributed by atoms with van der Waals surface area (Å²) in [6.45, 7) is 5.27. The van der Waals surface area contributed by atoms with Crippen LogP contribution in [0.2, 0.25) is 0 Å². The summed E-state index contributed by atoms with van der Waals surface area (Å²) in [6.07, 6.45) is 0. The largest absolute Gasteiger partial charge is 0.491 e. The predicted octanol–water partition coefficient (Wildman–Crippen LogP) is 2.32. The SMILES string of the molecule is CCOCCOc1cc([N+](=O)[O-])ccc1C. The van der Waals surface area contributed by atoms with E-state index in [1.54, 1.807) is 6.07 Å². The van der Waals surface area contributed by atoms with E-state index in [0.717, 1.165) is 5.56 Å². The maximum Gasteiger partial charge on any atom is 0.273 e. The van der Waals surface area contributed by atoms with E-state index in [0.29, 0.717) is 25.6 Å². The summed E-state index contributed by atoms with van der Waals surface area (Å²) < 4.78 is 10.5. The standard InChI is InChI=1S/C11H15NO4/c1-3-15-6-7-16-11-8-10(12(13)14)5-4-9(11)2/h4-5,8H,3,6-7H2,1-2H3. The molecule has 1 aromatic rings. The quantitative estimate of drug-likeness (QED) is 0.423. The number of aryl methyl sites for hydroxylation is 1. The summed E-state index contributed by atoms with van der Waals surface area (Å²) in [7, 11) is 0. The molecule has 0 spiro atoms. The third-order valence-corrected chi connectivity index (χ3v) is 2.07. The Hall–Kier alpha value is -1.62. The normalized spacial score (nSPS) is 10.1. The van der Waals surface area contributed by atoms with Crippen molar-refractivity contribution in [3.8, 4) is 5.75 Å². The van der Waals surface area contributed by atoms with Crippen molar-refractivity contribution in [1.82, 2.24) is 0 Å². The summed E-state index contributed by atoms with van der Waals surface area (Å²) >= 11 is 0. The fourth-order valence-electron chi connectivity index (χ4n) is 1.21. The van der Waals surface area contributed by atoms with Gasteiger partial charge in [0.25, 0.3) is 5.69 Å². The molecule has 0 fully saturated rings. The van der Waals surface area contributed by atoms with Gasteiger partial charge in [0, 0.05) is 12.7 Å². The summed E-state index contributed by atoms with van der Waals surface area (Å²) in [5, 5.41) is 10.6. The number of rotatable bonds is 6. The number of benzene rings is 1. The molecular weight excluding hydrogens is 210 g/mol. The lowest BCUT2D eigenvalue weighted by Crippen LogP contribution is -2.07. The minimum atomic E-state index is -0.436. The van der Waals surface area contributed by atoms with Crippen molar-refractivity contribution in [2.75, 3.05) is 19.8 Å². The van der Waals surface area contributed by atoms with E-state index in [9.17, 15) is 10.1 Å². The first-order valence-electron chi connectivity index (χ1n) is 5.10. The van der Waals surface area contributed by atoms with Crippen LogP contribution in [0, 0.1) is 17.0 Å². The van der Waals surface area contributed by atoms with Gasteiger partial charge >= 0.3 is 0 Å². The predicted molar refractivity (Wildman–Crippen MR) is 59.8 cm³/mol. The highest BCUT2D eigenvalue weighted by atomic mass is 16.6. The minimum Gasteiger partial charge on any atom is -0.491 e. The van der Waals surface area contributed by atoms with Gasteiger partial charge in [-0.3, -0.25) is 10.1 Å². The highest BCUT2D eigenvalue weighted by molar-refractivity contribution is 5.43. The lowest BCUT2D eigenvalue weighted by molar-refractivity contribution is -0.384. The van der Waals surface area contributed by atoms with Crippen molar-refractivity contribution in [3.63, 3.8) is 0 Å². The molecule has 0 saturated heterocycles. The van der Waals surface area contributed by atoms with Gasteiger partial charge in [-0.25, -0.2) is 0 Å². The molecule has 0 aliphatic carbocycles. The van der Waals surface area contributed by atoms with Crippen molar-refractivity contribution in [2.45, 2.75) is 13.8 Å². The molecule has 0 aliphatic heterocycles. The van der Waals surface area contributed by atoms with Crippen LogP contribution in [0.5, 0.6) is 5.75 Å². The van der Waals surface area contributed by atoms with Crippen LogP contribution in [0.3, 0.4) is 0 Å². The Bertz CT molecular complexity index is 365. The van der Waals surface area contributed by atoms with Gasteiger partial charge in [-0.2, -0.15) is 0 Å². The summed E-state index contributed by atoms with van der Waals surface area (Å²) in [5.74, 6) is 0.536. The molecule has 88 valence electrons. The van der Waals surface area contributed by atoms with E-state index >= 15 is 0 Å². The summed E-state index contributed by atoms with van der Waals surface area (Å²) in [6, 6.07) is 4.57. The molecule has 0 aliphatic rings. The molecule has 0 unspecified atom stereocenters. The number of nitro groups is 1. The van der Waals surface area contributed by atoms with Gasteiger partial charge in [-0.15, -0.1) is 0 Å². The maximum atomic E-state index is 10.6. The molecule has 1 aromatic carbocycles. The molecule has 0 saturated carbocycles. The minimum absolute atomic E-state index is 0.0389. The smallest absolute Gasteiger partial charge is 0.273 e. The second-order valence-electron chi connectivity index (χ2n) is 3.25. The molecule has 5 nitrogen and oxygen atoms in total. The molecule has 0 radical (unpaired) electrons. The zero-order chi connectivity index (χ0) is 12.0. The van der Waals surface area contributed by atoms with E-state index in [1.807, 2.05) is 13.8 Å². The zero-order valence-corrected chi connectivity index (χ0v) is 9.43. The lowest BCUT2D eigenvalue weighted by Gasteiger charge is -2.08. The van der Waals surface area contributed by atoms with Gasteiger partial charge in [0.05, 0.1) is 17.6 Å². The van der Waals surface area contributed by atoms with E-state index < -0.39 is 4.92 Å². The van der Waals surface area contributed by atoms with E-state index in [2.05, 4.69) is 0 Å². The molecule has 0 atom stereocenters. The fourth-order valence-corrected chi connectivity index (χ4v) is 1.21. The van der Waals surface area contributed by atoms with Gasteiger partial charge in [0.2, 0.25) is 0 Å². The van der Waals surface area contributed by atoms with Crippen molar-refractivity contribution >= 4 is 5.69 Å². The second kappa shape index (κ2) is 6.07. The number of nitrogens with zero attached hydrogens (tertiary/aromatic N) is 1. The van der Waals surface area contributed by atoms with Crippen LogP contribution < -0.4 is 4.74 Å². The van der Waals surface area contributed by atoms with Crippen LogP contribution in [0.1, 0.15) is 12.5 Å². The van der Waals surface area contributed by atoms with Crippen LogP contribution in [0.4, 0.5) is 5.69 Å². The van der Waals surface area contributed by atoms with Crippen molar-refractivity contribution in [2.24, 2.45) is 0 Å². The Balaban J connectivity index is 2.63. The topological polar surface area (TPSA) is 61.6 Å². The average Bonchev–Trinajstić information content (AvgIpc) is 2.26. The molecule has 16 heavy (non-hydrogen) atoms. The average molecular weight is 225 g/mol. The molecule has 0 amide bonds. The number of hydrogen-bond donors (Lipinski definition) is 0. The molecule has 5 heteroatoms. The third-order valence-electron chi connectivity index (χ3n) is 2.07. The van der Waals surface area contributed by atoms with E-state index in [-0.39, 0.29) is 5.69 Å². The molecule has 0 heterocycles. The molecule has 0 N–H and O–H groups in total. The van der Waals surface area contributed by atoms with E-state index in [1.165, 1.54) is 12.1 Å². The summed E-state index contributed by atoms with van der Waals surface area (Å²) in [5.41, 5.74) is 0.916. The first-order valence-corrected chi connectivity index (χ1v) is 5.10. The number of hydrogen-bond acceptors (Lipinski definition) is 4. The van der Waals surface area contributed by atoms with Crippen molar-refractivity contribution in [3.05, 3.63) is 33.9 Å². The Morgan fingerprint density at radius 2 is 2.12 bits per heavy atom. The highest BCUT2D eigenvalue weighted by Gasteiger charge is 2.09. The second-order valence-corrected chi connectivity index (χ2v) is 3.25. The number of nitro benzene ring substituents is 1. The van der Waals surface area contributed by atoms with Crippen LogP contribution in [-0.2, 0) is 4.74 Å². The molecule has 0 aromatic heterocycles. The Labute approximate surface area is 94.1 Å². The van der Waals surface area contributed by atoms with Gasteiger partial charge < -0.3 is 9.47 Å². The molecule has 1 rings (SSSR count). The first kappa shape index (κ1) is 12.4. The van der Waals surface area contributed by atoms with Crippen molar-refractivity contribution < 1.29 is 14.4 Å². The van der Waals surface area contributed by atoms with Gasteiger partial charge in [0.15, 0.2) is 0 Å². The van der Waals surface area contributed by atoms with Crippen LogP contribution in [0.25, 0.3) is 0 Å². The van der Waals surface area contributed by atoms with Gasteiger partial charge in [0.1, 0.15) is 12.4 Å². The monoisotopic (exact) mass is 225 g/mol. The van der Waals surface area contributed by atoms with Gasteiger partial charge in [-0.1, -0.05) is 0 Å². The fraction of sp³-hybridized carbons (Fsp3) is 0.455. The molecule has 0 bridgehead atoms. The third kappa shape index (κ3) is 3.51. The first-order chi connectivity index (χ1) is 7.65. The number of ether oxygens (including phenoxy) is 2. The maximum absolute atomic E-state index is 10.6. The van der Waals surface area contributed by atoms with Crippen LogP contribution in [0.15, 0.2) is 18.2 Å². The summed E-state index contributed by atoms with van der Waals surface area (Å²) in [4.78, 5) is 10.1. The van der Waals surface area contributed by atoms with Crippen molar-refractivity contribution in [1.29, 1.82) is 0 Å². The molecular formula is C11H15NO4. The lowest BCUT2D eigenvalue weighted by atomic mass is 10.2. The Kier molecular flexibility index (Phi) is 4.72. The number of non-ortho nitro benzene ring substituents is 1. The van der Waals surface area contributed by atoms with E-state index in [4.69, 9.17) is 9.47 Å². The zero-order valence-electron chi connectivity index (χ0n) is 9.43. The van der Waals surface area contributed by atoms with Gasteiger partial charge in [-0.05, 0) is 25.5 Å². The Morgan fingerprint density at radius 1 is 1.38 bits per heavy atom. The highest BCUT2D eigenvalue weighted by Crippen LogP contribution is 2.23. The van der Waals surface area contributed by atoms with Crippen LogP contribution in [-0.4, -0.2) is 24.7 Å².